The molecular weight excluding hydrogens is 264 g/mol. The molecule has 0 aliphatic carbocycles. The molecule has 3 nitrogen and oxygen atoms in total. The molecule has 0 radical (unpaired) electrons. The Morgan fingerprint density at radius 3 is 2.76 bits per heavy atom. The first kappa shape index (κ1) is 15.6. The van der Waals surface area contributed by atoms with Crippen molar-refractivity contribution >= 4 is 11.5 Å². The standard InChI is InChI=1S/C18H24O3/c1-5-20-18(19)17-15(11-10-12(2)3)13(4)14-8-6-7-9-16(14)21-17/h6-9,12,15,17H,4-5,10-11H2,1-3H3/t15-,17-/m1/s1. The molecule has 0 bridgehead atoms. The van der Waals surface area contributed by atoms with Crippen molar-refractivity contribution in [2.24, 2.45) is 11.8 Å². The van der Waals surface area contributed by atoms with Crippen molar-refractivity contribution in [3.63, 3.8) is 0 Å². The lowest BCUT2D eigenvalue weighted by molar-refractivity contribution is -0.153. The summed E-state index contributed by atoms with van der Waals surface area (Å²) in [6.45, 7) is 10.8. The summed E-state index contributed by atoms with van der Waals surface area (Å²) >= 11 is 0. The van der Waals surface area contributed by atoms with Gasteiger partial charge in [-0.25, -0.2) is 4.79 Å². The van der Waals surface area contributed by atoms with Gasteiger partial charge in [0.15, 0.2) is 0 Å². The van der Waals surface area contributed by atoms with Gasteiger partial charge in [-0.2, -0.15) is 0 Å². The van der Waals surface area contributed by atoms with Gasteiger partial charge < -0.3 is 9.47 Å². The van der Waals surface area contributed by atoms with Crippen LogP contribution >= 0.6 is 0 Å². The zero-order valence-electron chi connectivity index (χ0n) is 13.1. The zero-order valence-corrected chi connectivity index (χ0v) is 13.1. The first-order valence-corrected chi connectivity index (χ1v) is 7.66. The number of ether oxygens (including phenoxy) is 2. The number of para-hydroxylation sites is 1. The van der Waals surface area contributed by atoms with Gasteiger partial charge in [-0.3, -0.25) is 0 Å². The molecule has 0 aromatic heterocycles. The van der Waals surface area contributed by atoms with Crippen LogP contribution in [0.1, 0.15) is 39.2 Å². The Hall–Kier alpha value is -1.77. The third kappa shape index (κ3) is 3.46. The van der Waals surface area contributed by atoms with Crippen LogP contribution in [0.5, 0.6) is 5.75 Å². The van der Waals surface area contributed by atoms with Crippen LogP contribution < -0.4 is 4.74 Å². The van der Waals surface area contributed by atoms with Crippen molar-refractivity contribution in [2.75, 3.05) is 6.61 Å². The first-order valence-electron chi connectivity index (χ1n) is 7.66. The van der Waals surface area contributed by atoms with Crippen molar-refractivity contribution in [1.29, 1.82) is 0 Å². The highest BCUT2D eigenvalue weighted by atomic mass is 16.6. The normalized spacial score (nSPS) is 20.9. The topological polar surface area (TPSA) is 35.5 Å². The monoisotopic (exact) mass is 288 g/mol. The van der Waals surface area contributed by atoms with Crippen LogP contribution in [0.15, 0.2) is 30.8 Å². The first-order chi connectivity index (χ1) is 10.0. The number of carbonyl (C=O) groups excluding carboxylic acids is 1. The summed E-state index contributed by atoms with van der Waals surface area (Å²) in [5.41, 5.74) is 1.99. The lowest BCUT2D eigenvalue weighted by Gasteiger charge is -2.34. The molecule has 0 saturated heterocycles. The van der Waals surface area contributed by atoms with E-state index in [1.807, 2.05) is 31.2 Å². The number of rotatable bonds is 5. The fourth-order valence-corrected chi connectivity index (χ4v) is 2.71. The number of fused-ring (bicyclic) bond motifs is 1. The Bertz CT molecular complexity index is 519. The predicted octanol–water partition coefficient (Wildman–Crippen LogP) is 4.08. The molecule has 21 heavy (non-hydrogen) atoms. The summed E-state index contributed by atoms with van der Waals surface area (Å²) in [6, 6.07) is 7.76. The van der Waals surface area contributed by atoms with Gasteiger partial charge in [0.25, 0.3) is 0 Å². The highest BCUT2D eigenvalue weighted by Gasteiger charge is 2.38. The van der Waals surface area contributed by atoms with Gasteiger partial charge in [-0.1, -0.05) is 45.0 Å². The maximum atomic E-state index is 12.2. The van der Waals surface area contributed by atoms with E-state index in [-0.39, 0.29) is 11.9 Å². The molecule has 1 aromatic carbocycles. The van der Waals surface area contributed by atoms with Gasteiger partial charge in [0.1, 0.15) is 5.75 Å². The maximum absolute atomic E-state index is 12.2. The predicted molar refractivity (Wildman–Crippen MR) is 84.1 cm³/mol. The number of benzene rings is 1. The SMILES string of the molecule is C=C1c2ccccc2O[C@@H](C(=O)OCC)[C@@H]1CCC(C)C. The average Bonchev–Trinajstić information content (AvgIpc) is 2.46. The van der Waals surface area contributed by atoms with Crippen molar-refractivity contribution in [2.45, 2.75) is 39.7 Å². The fourth-order valence-electron chi connectivity index (χ4n) is 2.71. The minimum atomic E-state index is -0.578. The van der Waals surface area contributed by atoms with Crippen LogP contribution in [0.2, 0.25) is 0 Å². The molecule has 0 spiro atoms. The summed E-state index contributed by atoms with van der Waals surface area (Å²) in [4.78, 5) is 12.2. The van der Waals surface area contributed by atoms with Gasteiger partial charge >= 0.3 is 5.97 Å². The molecule has 2 rings (SSSR count). The third-order valence-electron chi connectivity index (χ3n) is 3.87. The molecule has 1 aliphatic heterocycles. The molecule has 1 aliphatic rings. The quantitative estimate of drug-likeness (QED) is 0.766. The van der Waals surface area contributed by atoms with E-state index >= 15 is 0 Å². The Morgan fingerprint density at radius 2 is 2.10 bits per heavy atom. The van der Waals surface area contributed by atoms with Crippen molar-refractivity contribution < 1.29 is 14.3 Å². The summed E-state index contributed by atoms with van der Waals surface area (Å²) in [6.07, 6.45) is 1.34. The largest absolute Gasteiger partial charge is 0.477 e. The number of esters is 1. The average molecular weight is 288 g/mol. The van der Waals surface area contributed by atoms with E-state index < -0.39 is 6.10 Å². The zero-order chi connectivity index (χ0) is 15.4. The molecule has 0 unspecified atom stereocenters. The van der Waals surface area contributed by atoms with E-state index in [0.717, 1.165) is 29.7 Å². The molecule has 0 fully saturated rings. The summed E-state index contributed by atoms with van der Waals surface area (Å²) in [5, 5.41) is 0. The van der Waals surface area contributed by atoms with Crippen molar-refractivity contribution in [1.82, 2.24) is 0 Å². The minimum absolute atomic E-state index is 0.0126. The number of hydrogen-bond donors (Lipinski definition) is 0. The van der Waals surface area contributed by atoms with Gasteiger partial charge in [0.2, 0.25) is 6.10 Å². The molecule has 0 N–H and O–H groups in total. The molecule has 2 atom stereocenters. The van der Waals surface area contributed by atoms with Crippen LogP contribution in [-0.2, 0) is 9.53 Å². The van der Waals surface area contributed by atoms with Gasteiger partial charge in [0, 0.05) is 11.5 Å². The van der Waals surface area contributed by atoms with Crippen molar-refractivity contribution in [3.05, 3.63) is 36.4 Å². The molecule has 3 heteroatoms. The molecule has 1 aromatic rings. The Balaban J connectivity index is 2.28. The fraction of sp³-hybridized carbons (Fsp3) is 0.500. The van der Waals surface area contributed by atoms with Gasteiger partial charge in [-0.05, 0) is 30.9 Å². The second-order valence-corrected chi connectivity index (χ2v) is 5.89. The number of hydrogen-bond acceptors (Lipinski definition) is 3. The second kappa shape index (κ2) is 6.79. The van der Waals surface area contributed by atoms with Gasteiger partial charge in [-0.15, -0.1) is 0 Å². The highest BCUT2D eigenvalue weighted by molar-refractivity contribution is 5.83. The summed E-state index contributed by atoms with van der Waals surface area (Å²) in [7, 11) is 0. The lowest BCUT2D eigenvalue weighted by atomic mass is 9.82. The molecule has 1 heterocycles. The van der Waals surface area contributed by atoms with Crippen molar-refractivity contribution in [3.8, 4) is 5.75 Å². The third-order valence-corrected chi connectivity index (χ3v) is 3.87. The lowest BCUT2D eigenvalue weighted by Crippen LogP contribution is -2.40. The van der Waals surface area contributed by atoms with Crippen LogP contribution in [0.3, 0.4) is 0 Å². The van der Waals surface area contributed by atoms with Crippen LogP contribution in [0, 0.1) is 11.8 Å². The Labute approximate surface area is 127 Å². The van der Waals surface area contributed by atoms with Crippen LogP contribution in [-0.4, -0.2) is 18.7 Å². The van der Waals surface area contributed by atoms with E-state index in [4.69, 9.17) is 9.47 Å². The smallest absolute Gasteiger partial charge is 0.347 e. The van der Waals surface area contributed by atoms with E-state index in [9.17, 15) is 4.79 Å². The maximum Gasteiger partial charge on any atom is 0.347 e. The van der Waals surface area contributed by atoms with E-state index in [2.05, 4.69) is 20.4 Å². The summed E-state index contributed by atoms with van der Waals surface area (Å²) < 4.78 is 11.1. The van der Waals surface area contributed by atoms with Crippen LogP contribution in [0.25, 0.3) is 5.57 Å². The van der Waals surface area contributed by atoms with Crippen LogP contribution in [0.4, 0.5) is 0 Å². The summed E-state index contributed by atoms with van der Waals surface area (Å²) in [5.74, 6) is 1.00. The van der Waals surface area contributed by atoms with E-state index in [1.54, 1.807) is 0 Å². The van der Waals surface area contributed by atoms with Gasteiger partial charge in [0.05, 0.1) is 6.61 Å². The minimum Gasteiger partial charge on any atom is -0.477 e. The number of carbonyl (C=O) groups is 1. The molecular formula is C18H24O3. The highest BCUT2D eigenvalue weighted by Crippen LogP contribution is 2.41. The Kier molecular flexibility index (Phi) is 5.05. The van der Waals surface area contributed by atoms with E-state index in [0.29, 0.717) is 12.5 Å². The Morgan fingerprint density at radius 1 is 1.38 bits per heavy atom. The second-order valence-electron chi connectivity index (χ2n) is 5.89. The van der Waals surface area contributed by atoms with E-state index in [1.165, 1.54) is 0 Å². The molecule has 0 saturated carbocycles. The molecule has 0 amide bonds. The molecule has 114 valence electrons.